The van der Waals surface area contributed by atoms with Crippen LogP contribution in [0.4, 0.5) is 5.69 Å². The zero-order valence-corrected chi connectivity index (χ0v) is 18.1. The fourth-order valence-corrected chi connectivity index (χ4v) is 4.68. The van der Waals surface area contributed by atoms with Crippen molar-refractivity contribution in [3.63, 3.8) is 0 Å². The van der Waals surface area contributed by atoms with Crippen LogP contribution in [0.5, 0.6) is 5.75 Å². The summed E-state index contributed by atoms with van der Waals surface area (Å²) >= 11 is 6.25. The van der Waals surface area contributed by atoms with Gasteiger partial charge in [0, 0.05) is 6.07 Å². The van der Waals surface area contributed by atoms with Crippen LogP contribution < -0.4 is 16.0 Å². The Kier molecular flexibility index (Phi) is 8.60. The lowest BCUT2D eigenvalue weighted by molar-refractivity contribution is 0.305. The van der Waals surface area contributed by atoms with Gasteiger partial charge in [-0.3, -0.25) is 5.84 Å². The van der Waals surface area contributed by atoms with E-state index in [0.29, 0.717) is 18.0 Å². The minimum absolute atomic E-state index is 0.00923. The molecular formula is C21H29ClN2O3S. The molecule has 154 valence electrons. The van der Waals surface area contributed by atoms with Crippen LogP contribution in [0.2, 0.25) is 5.02 Å². The highest BCUT2D eigenvalue weighted by atomic mass is 35.5. The first-order valence-electron chi connectivity index (χ1n) is 9.65. The number of aryl methyl sites for hydroxylation is 1. The first kappa shape index (κ1) is 22.5. The maximum absolute atomic E-state index is 13.0. The minimum atomic E-state index is -3.76. The monoisotopic (exact) mass is 424 g/mol. The second kappa shape index (κ2) is 10.7. The van der Waals surface area contributed by atoms with Gasteiger partial charge in [-0.05, 0) is 31.5 Å². The highest BCUT2D eigenvalue weighted by Crippen LogP contribution is 2.36. The molecule has 0 bridgehead atoms. The number of rotatable bonds is 11. The number of hydrogen-bond acceptors (Lipinski definition) is 5. The summed E-state index contributed by atoms with van der Waals surface area (Å²) in [6.45, 7) is 4.58. The number of ether oxygens (including phenoxy) is 1. The van der Waals surface area contributed by atoms with Crippen molar-refractivity contribution in [3.05, 3.63) is 47.0 Å². The highest BCUT2D eigenvalue weighted by molar-refractivity contribution is 7.91. The third-order valence-corrected chi connectivity index (χ3v) is 6.80. The zero-order valence-electron chi connectivity index (χ0n) is 16.5. The molecular weight excluding hydrogens is 396 g/mol. The van der Waals surface area contributed by atoms with Gasteiger partial charge < -0.3 is 10.2 Å². The number of hydrazine groups is 1. The summed E-state index contributed by atoms with van der Waals surface area (Å²) in [5, 5.41) is 0.0976. The molecule has 0 saturated carbocycles. The summed E-state index contributed by atoms with van der Waals surface area (Å²) in [5.74, 6) is 5.93. The minimum Gasteiger partial charge on any atom is -0.491 e. The Morgan fingerprint density at radius 1 is 1.04 bits per heavy atom. The Balaban J connectivity index is 2.17. The molecule has 0 fully saturated rings. The van der Waals surface area contributed by atoms with Crippen molar-refractivity contribution in [3.8, 4) is 5.75 Å². The number of sulfone groups is 1. The normalized spacial score (nSPS) is 11.4. The third kappa shape index (κ3) is 5.87. The van der Waals surface area contributed by atoms with E-state index in [1.807, 2.05) is 6.92 Å². The van der Waals surface area contributed by atoms with Crippen molar-refractivity contribution in [2.75, 3.05) is 12.0 Å². The Morgan fingerprint density at radius 2 is 1.68 bits per heavy atom. The number of anilines is 1. The van der Waals surface area contributed by atoms with E-state index in [1.165, 1.54) is 37.8 Å². The maximum Gasteiger partial charge on any atom is 0.208 e. The van der Waals surface area contributed by atoms with Gasteiger partial charge in [0.05, 0.1) is 27.1 Å². The van der Waals surface area contributed by atoms with E-state index in [2.05, 4.69) is 12.3 Å². The van der Waals surface area contributed by atoms with Crippen LogP contribution in [0.3, 0.4) is 0 Å². The Bertz CT molecular complexity index is 868. The molecule has 0 unspecified atom stereocenters. The summed E-state index contributed by atoms with van der Waals surface area (Å²) in [4.78, 5) is 0.199. The van der Waals surface area contributed by atoms with Gasteiger partial charge in [0.2, 0.25) is 9.84 Å². The van der Waals surface area contributed by atoms with Gasteiger partial charge in [-0.1, -0.05) is 68.3 Å². The lowest BCUT2D eigenvalue weighted by atomic mass is 10.1. The smallest absolute Gasteiger partial charge is 0.208 e. The average Bonchev–Trinajstić information content (AvgIpc) is 2.68. The number of nitrogens with two attached hydrogens (primary N) is 1. The van der Waals surface area contributed by atoms with Crippen LogP contribution in [0.25, 0.3) is 0 Å². The molecule has 28 heavy (non-hydrogen) atoms. The summed E-state index contributed by atoms with van der Waals surface area (Å²) in [7, 11) is -3.76. The Morgan fingerprint density at radius 3 is 2.32 bits per heavy atom. The molecule has 0 aliphatic carbocycles. The quantitative estimate of drug-likeness (QED) is 0.282. The van der Waals surface area contributed by atoms with Crippen LogP contribution in [0, 0.1) is 6.92 Å². The molecule has 0 spiro atoms. The predicted molar refractivity (Wildman–Crippen MR) is 115 cm³/mol. The van der Waals surface area contributed by atoms with E-state index < -0.39 is 9.84 Å². The number of halogens is 1. The largest absolute Gasteiger partial charge is 0.491 e. The average molecular weight is 425 g/mol. The number of nitrogens with one attached hydrogen (secondary N) is 1. The highest BCUT2D eigenvalue weighted by Gasteiger charge is 2.23. The van der Waals surface area contributed by atoms with E-state index in [1.54, 1.807) is 24.3 Å². The summed E-state index contributed by atoms with van der Waals surface area (Å²) in [5.41, 5.74) is 3.97. The lowest BCUT2D eigenvalue weighted by Gasteiger charge is -2.15. The first-order chi connectivity index (χ1) is 13.4. The van der Waals surface area contributed by atoms with E-state index >= 15 is 0 Å². The summed E-state index contributed by atoms with van der Waals surface area (Å²) in [6, 6.07) is 9.60. The lowest BCUT2D eigenvalue weighted by Crippen LogP contribution is -2.11. The maximum atomic E-state index is 13.0. The second-order valence-electron chi connectivity index (χ2n) is 6.86. The van der Waals surface area contributed by atoms with E-state index in [0.717, 1.165) is 18.4 Å². The van der Waals surface area contributed by atoms with Crippen LogP contribution in [-0.4, -0.2) is 15.0 Å². The second-order valence-corrected chi connectivity index (χ2v) is 9.18. The molecule has 3 N–H and O–H groups in total. The van der Waals surface area contributed by atoms with E-state index in [-0.39, 0.29) is 14.8 Å². The number of hydrogen-bond donors (Lipinski definition) is 2. The summed E-state index contributed by atoms with van der Waals surface area (Å²) in [6.07, 6.45) is 6.84. The van der Waals surface area contributed by atoms with Crippen molar-refractivity contribution in [1.29, 1.82) is 0 Å². The molecule has 2 aromatic carbocycles. The molecule has 0 aliphatic heterocycles. The molecule has 0 radical (unpaired) electrons. The van der Waals surface area contributed by atoms with Gasteiger partial charge in [0.1, 0.15) is 5.75 Å². The third-order valence-electron chi connectivity index (χ3n) is 4.57. The molecule has 7 heteroatoms. The Labute approximate surface area is 173 Å². The molecule has 2 rings (SSSR count). The fraction of sp³-hybridized carbons (Fsp3) is 0.429. The van der Waals surface area contributed by atoms with Gasteiger partial charge in [-0.25, -0.2) is 8.42 Å². The molecule has 2 aromatic rings. The molecule has 0 heterocycles. The van der Waals surface area contributed by atoms with Crippen LogP contribution >= 0.6 is 11.6 Å². The predicted octanol–water partition coefficient (Wildman–Crippen LogP) is 5.51. The van der Waals surface area contributed by atoms with Gasteiger partial charge in [0.15, 0.2) is 0 Å². The Hall–Kier alpha value is -1.76. The van der Waals surface area contributed by atoms with Crippen molar-refractivity contribution >= 4 is 27.1 Å². The zero-order chi connectivity index (χ0) is 20.6. The molecule has 5 nitrogen and oxygen atoms in total. The van der Waals surface area contributed by atoms with Crippen molar-refractivity contribution < 1.29 is 13.2 Å². The first-order valence-corrected chi connectivity index (χ1v) is 11.5. The topological polar surface area (TPSA) is 81.4 Å². The van der Waals surface area contributed by atoms with Crippen LogP contribution in [-0.2, 0) is 9.84 Å². The summed E-state index contributed by atoms with van der Waals surface area (Å²) < 4.78 is 31.8. The van der Waals surface area contributed by atoms with Gasteiger partial charge >= 0.3 is 0 Å². The van der Waals surface area contributed by atoms with Gasteiger partial charge in [-0.15, -0.1) is 0 Å². The number of unbranched alkanes of at least 4 members (excludes halogenated alkanes) is 5. The SMILES string of the molecule is CCCCCCCCOc1cc(S(=O)(=O)c2ccc(C)cc2)c(Cl)cc1NN. The standard InChI is InChI=1S/C21H29ClN2O3S/c1-3-4-5-6-7-8-13-27-20-15-21(18(22)14-19(20)24-23)28(25,26)17-11-9-16(2)10-12-17/h9-12,14-15,24H,3-8,13,23H2,1-2H3. The van der Waals surface area contributed by atoms with Crippen molar-refractivity contribution in [1.82, 2.24) is 0 Å². The molecule has 0 saturated heterocycles. The van der Waals surface area contributed by atoms with Crippen LogP contribution in [0.1, 0.15) is 51.0 Å². The van der Waals surface area contributed by atoms with Crippen molar-refractivity contribution in [2.24, 2.45) is 5.84 Å². The molecule has 0 atom stereocenters. The molecule has 0 aliphatic rings. The van der Waals surface area contributed by atoms with Crippen molar-refractivity contribution in [2.45, 2.75) is 62.2 Å². The van der Waals surface area contributed by atoms with Gasteiger partial charge in [0.25, 0.3) is 0 Å². The number of nitrogen functional groups attached to an aromatic ring is 1. The fourth-order valence-electron chi connectivity index (χ4n) is 2.88. The van der Waals surface area contributed by atoms with E-state index in [9.17, 15) is 8.42 Å². The van der Waals surface area contributed by atoms with Gasteiger partial charge in [-0.2, -0.15) is 0 Å². The van der Waals surface area contributed by atoms with Crippen LogP contribution in [0.15, 0.2) is 46.2 Å². The van der Waals surface area contributed by atoms with E-state index in [4.69, 9.17) is 22.2 Å². The molecule has 0 aromatic heterocycles. The number of benzene rings is 2. The molecule has 0 amide bonds.